The number of benzene rings is 2. The van der Waals surface area contributed by atoms with Gasteiger partial charge in [-0.05, 0) is 64.0 Å². The molecule has 2 aliphatic heterocycles. The van der Waals surface area contributed by atoms with E-state index in [9.17, 15) is 22.4 Å². The molecule has 0 aliphatic carbocycles. The summed E-state index contributed by atoms with van der Waals surface area (Å²) in [5, 5.41) is 2.57. The van der Waals surface area contributed by atoms with E-state index in [1.54, 1.807) is 34.9 Å². The Morgan fingerprint density at radius 2 is 1.95 bits per heavy atom. The van der Waals surface area contributed by atoms with E-state index in [0.717, 1.165) is 0 Å². The predicted octanol–water partition coefficient (Wildman–Crippen LogP) is 5.84. The molecule has 3 heterocycles. The fraction of sp³-hybridized carbons (Fsp3) is 0.107. The number of anilines is 1. The number of fused-ring (bicyclic) bond motifs is 1. The Labute approximate surface area is 274 Å². The second-order valence-corrected chi connectivity index (χ2v) is 13.4. The molecule has 10 nitrogen and oxygen atoms in total. The van der Waals surface area contributed by atoms with E-state index in [1.165, 1.54) is 60.9 Å². The van der Waals surface area contributed by atoms with Crippen molar-refractivity contribution in [2.24, 2.45) is 0 Å². The topological polar surface area (TPSA) is 130 Å². The predicted molar refractivity (Wildman–Crippen MR) is 170 cm³/mol. The van der Waals surface area contributed by atoms with Gasteiger partial charge in [-0.25, -0.2) is 17.6 Å². The third-order valence-electron chi connectivity index (χ3n) is 6.26. The Bertz CT molecular complexity index is 1830. The molecule has 1 aromatic heterocycles. The van der Waals surface area contributed by atoms with E-state index in [-0.39, 0.29) is 43.7 Å². The molecule has 16 heteroatoms. The molecule has 228 valence electrons. The van der Waals surface area contributed by atoms with Gasteiger partial charge in [0.15, 0.2) is 0 Å². The average Bonchev–Trinajstić information content (AvgIpc) is 3.48. The van der Waals surface area contributed by atoms with Crippen LogP contribution in [0.15, 0.2) is 94.5 Å². The van der Waals surface area contributed by atoms with Crippen LogP contribution in [0.3, 0.4) is 0 Å². The molecule has 0 spiro atoms. The monoisotopic (exact) mass is 739 g/mol. The minimum absolute atomic E-state index is 0.0130. The van der Waals surface area contributed by atoms with Crippen LogP contribution >= 0.6 is 51.3 Å². The lowest BCUT2D eigenvalue weighted by Crippen LogP contribution is -2.43. The van der Waals surface area contributed by atoms with Crippen LogP contribution in [0.2, 0.25) is 10.0 Å². The van der Waals surface area contributed by atoms with Crippen LogP contribution in [0.25, 0.3) is 0 Å². The van der Waals surface area contributed by atoms with Gasteiger partial charge in [-0.15, -0.1) is 0 Å². The van der Waals surface area contributed by atoms with Gasteiger partial charge in [0.1, 0.15) is 23.4 Å². The average molecular weight is 741 g/mol. The minimum Gasteiger partial charge on any atom is -0.459 e. The van der Waals surface area contributed by atoms with Gasteiger partial charge in [0.05, 0.1) is 43.6 Å². The summed E-state index contributed by atoms with van der Waals surface area (Å²) in [6, 6.07) is 8.69. The molecule has 5 rings (SSSR count). The van der Waals surface area contributed by atoms with Gasteiger partial charge in [-0.2, -0.15) is 0 Å². The van der Waals surface area contributed by atoms with Crippen molar-refractivity contribution >= 4 is 78.9 Å². The highest BCUT2D eigenvalue weighted by Gasteiger charge is 2.32. The van der Waals surface area contributed by atoms with Crippen LogP contribution in [0, 0.1) is 5.82 Å². The molecule has 0 fully saturated rings. The molecule has 44 heavy (non-hydrogen) atoms. The van der Waals surface area contributed by atoms with E-state index < -0.39 is 33.8 Å². The SMILES string of the molecule is O=C(NC(Cc1ccc(F)c(Br)c1)C(=O)OCc1cccnc1)c1cc(Cl)c(Cl)cc1NS(=O)(=O)C1=CC=CN2SNC=C12. The number of pyridine rings is 1. The summed E-state index contributed by atoms with van der Waals surface area (Å²) in [6.07, 6.45) is 9.19. The number of halogens is 4. The van der Waals surface area contributed by atoms with Crippen molar-refractivity contribution in [2.75, 3.05) is 4.72 Å². The Morgan fingerprint density at radius 1 is 1.16 bits per heavy atom. The third kappa shape index (κ3) is 7.38. The number of ether oxygens (including phenoxy) is 1. The van der Waals surface area contributed by atoms with Crippen molar-refractivity contribution in [3.05, 3.63) is 127 Å². The first-order valence-electron chi connectivity index (χ1n) is 12.6. The number of hydrogen-bond donors (Lipinski definition) is 3. The maximum absolute atomic E-state index is 13.9. The number of esters is 1. The number of nitrogens with zero attached hydrogens (tertiary/aromatic N) is 2. The van der Waals surface area contributed by atoms with Crippen LogP contribution in [0.1, 0.15) is 21.5 Å². The lowest BCUT2D eigenvalue weighted by Gasteiger charge is -2.22. The first-order valence-corrected chi connectivity index (χ1v) is 16.5. The van der Waals surface area contributed by atoms with Crippen LogP contribution in [-0.2, 0) is 32.6 Å². The van der Waals surface area contributed by atoms with Crippen molar-refractivity contribution in [1.29, 1.82) is 0 Å². The molecule has 2 aliphatic rings. The molecule has 2 aromatic carbocycles. The zero-order valence-corrected chi connectivity index (χ0v) is 27.0. The summed E-state index contributed by atoms with van der Waals surface area (Å²) in [4.78, 5) is 30.9. The fourth-order valence-corrected chi connectivity index (χ4v) is 6.88. The first kappa shape index (κ1) is 31.9. The van der Waals surface area contributed by atoms with Crippen molar-refractivity contribution in [1.82, 2.24) is 19.3 Å². The van der Waals surface area contributed by atoms with Crippen molar-refractivity contribution < 1.29 is 27.1 Å². The Kier molecular flexibility index (Phi) is 9.85. The van der Waals surface area contributed by atoms with Gasteiger partial charge >= 0.3 is 5.97 Å². The number of allylic oxidation sites excluding steroid dienone is 2. The third-order valence-corrected chi connectivity index (χ3v) is 9.74. The molecule has 1 atom stereocenters. The van der Waals surface area contributed by atoms with E-state index in [1.807, 2.05) is 0 Å². The molecule has 0 saturated carbocycles. The largest absolute Gasteiger partial charge is 0.459 e. The van der Waals surface area contributed by atoms with E-state index >= 15 is 0 Å². The second kappa shape index (κ2) is 13.6. The number of nitrogens with one attached hydrogen (secondary N) is 3. The maximum atomic E-state index is 13.9. The van der Waals surface area contributed by atoms with Gasteiger partial charge in [0.25, 0.3) is 15.9 Å². The Balaban J connectivity index is 1.43. The number of carbonyl (C=O) groups excluding carboxylic acids is 2. The summed E-state index contributed by atoms with van der Waals surface area (Å²) in [7, 11) is -4.24. The van der Waals surface area contributed by atoms with Gasteiger partial charge in [0, 0.05) is 36.8 Å². The molecule has 3 aromatic rings. The smallest absolute Gasteiger partial charge is 0.329 e. The zero-order valence-electron chi connectivity index (χ0n) is 22.3. The summed E-state index contributed by atoms with van der Waals surface area (Å²) in [5.74, 6) is -2.14. The molecule has 1 amide bonds. The number of sulfonamides is 1. The van der Waals surface area contributed by atoms with E-state index in [4.69, 9.17) is 27.9 Å². The van der Waals surface area contributed by atoms with E-state index in [2.05, 4.69) is 35.7 Å². The van der Waals surface area contributed by atoms with Crippen LogP contribution in [-0.4, -0.2) is 35.6 Å². The second-order valence-electron chi connectivity index (χ2n) is 9.30. The summed E-state index contributed by atoms with van der Waals surface area (Å²) < 4.78 is 53.4. The van der Waals surface area contributed by atoms with Gasteiger partial charge < -0.3 is 14.8 Å². The standard InChI is InChI=1S/C28H21BrCl2FN5O5S2/c29-19-9-16(5-6-22(19)32)10-24(28(39)42-15-17-3-1-7-33-13-17)35-27(38)18-11-20(30)21(31)12-23(18)36-44(40,41)26-4-2-8-37-25(26)14-34-43-37/h1-9,11-14,24,34,36H,10,15H2,(H,35,38). The quantitative estimate of drug-likeness (QED) is 0.174. The molecule has 1 unspecified atom stereocenters. The highest BCUT2D eigenvalue weighted by molar-refractivity contribution is 9.10. The summed E-state index contributed by atoms with van der Waals surface area (Å²) in [5.41, 5.74) is 1.12. The molecular weight excluding hydrogens is 720 g/mol. The van der Waals surface area contributed by atoms with Gasteiger partial charge in [-0.3, -0.25) is 18.8 Å². The van der Waals surface area contributed by atoms with Crippen molar-refractivity contribution in [3.63, 3.8) is 0 Å². The minimum atomic E-state index is -4.24. The van der Waals surface area contributed by atoms with Crippen LogP contribution < -0.4 is 14.8 Å². The van der Waals surface area contributed by atoms with Crippen molar-refractivity contribution in [2.45, 2.75) is 19.1 Å². The normalized spacial score (nSPS) is 14.6. The molecule has 0 bridgehead atoms. The highest BCUT2D eigenvalue weighted by atomic mass is 79.9. The number of amides is 1. The number of hydrogen-bond acceptors (Lipinski definition) is 9. The molecule has 0 radical (unpaired) electrons. The summed E-state index contributed by atoms with van der Waals surface area (Å²) >= 11 is 16.7. The van der Waals surface area contributed by atoms with Gasteiger partial charge in [-0.1, -0.05) is 35.3 Å². The van der Waals surface area contributed by atoms with Crippen molar-refractivity contribution in [3.8, 4) is 0 Å². The van der Waals surface area contributed by atoms with Gasteiger partial charge in [0.2, 0.25) is 0 Å². The fourth-order valence-electron chi connectivity index (χ4n) is 4.15. The lowest BCUT2D eigenvalue weighted by atomic mass is 10.0. The van der Waals surface area contributed by atoms with E-state index in [0.29, 0.717) is 16.8 Å². The Morgan fingerprint density at radius 3 is 2.70 bits per heavy atom. The summed E-state index contributed by atoms with van der Waals surface area (Å²) in [6.45, 7) is -0.118. The first-order chi connectivity index (χ1) is 21.0. The Hall–Kier alpha value is -3.56. The highest BCUT2D eigenvalue weighted by Crippen LogP contribution is 2.36. The molecular formula is C28H21BrCl2FN5O5S2. The lowest BCUT2D eigenvalue weighted by molar-refractivity contribution is -0.147. The zero-order chi connectivity index (χ0) is 31.4. The molecule has 0 saturated heterocycles. The molecule has 3 N–H and O–H groups in total. The van der Waals surface area contributed by atoms with Crippen LogP contribution in [0.5, 0.6) is 0 Å². The number of aromatic nitrogens is 1. The van der Waals surface area contributed by atoms with Crippen LogP contribution in [0.4, 0.5) is 10.1 Å². The number of carbonyl (C=O) groups is 2. The maximum Gasteiger partial charge on any atom is 0.329 e. The number of rotatable bonds is 10.